The first-order valence-electron chi connectivity index (χ1n) is 5.12. The first-order valence-corrected chi connectivity index (χ1v) is 5.12. The molecule has 0 saturated carbocycles. The highest BCUT2D eigenvalue weighted by Crippen LogP contribution is 2.25. The molecular weight excluding hydrogens is 182 g/mol. The zero-order valence-electron chi connectivity index (χ0n) is 9.75. The Kier molecular flexibility index (Phi) is 3.35. The van der Waals surface area contributed by atoms with Crippen molar-refractivity contribution in [2.24, 2.45) is 0 Å². The van der Waals surface area contributed by atoms with E-state index < -0.39 is 0 Å². The molecule has 80 valence electrons. The first-order chi connectivity index (χ1) is 6.92. The molecule has 0 unspecified atom stereocenters. The van der Waals surface area contributed by atoms with Gasteiger partial charge < -0.3 is 5.73 Å². The second-order valence-corrected chi connectivity index (χ2v) is 4.52. The van der Waals surface area contributed by atoms with E-state index in [0.29, 0.717) is 0 Å². The Hall–Kier alpha value is -1.50. The minimum Gasteiger partial charge on any atom is -0.399 e. The number of rotatable bonds is 3. The molecule has 15 heavy (non-hydrogen) atoms. The second kappa shape index (κ2) is 4.35. The number of nitrogens with two attached hydrogens (primary N) is 1. The van der Waals surface area contributed by atoms with Crippen molar-refractivity contribution in [1.82, 2.24) is 0 Å². The van der Waals surface area contributed by atoms with E-state index in [0.717, 1.165) is 11.3 Å². The number of anilines is 1. The summed E-state index contributed by atoms with van der Waals surface area (Å²) in [4.78, 5) is 0. The standard InChI is InChI=1S/C14H19N/c1-11(2)9-10-14(3,4)12-5-7-13(15)8-6-12/h5-10H,1,15H2,2-4H3/b10-9+. The maximum atomic E-state index is 5.66. The predicted molar refractivity (Wildman–Crippen MR) is 67.8 cm³/mol. The van der Waals surface area contributed by atoms with E-state index in [9.17, 15) is 0 Å². The molecule has 0 aliphatic carbocycles. The molecule has 1 aromatic rings. The lowest BCUT2D eigenvalue weighted by molar-refractivity contribution is 0.669. The predicted octanol–water partition coefficient (Wildman–Crippen LogP) is 3.68. The molecule has 0 heterocycles. The van der Waals surface area contributed by atoms with Gasteiger partial charge in [0, 0.05) is 11.1 Å². The van der Waals surface area contributed by atoms with E-state index in [1.54, 1.807) is 0 Å². The molecule has 0 atom stereocenters. The van der Waals surface area contributed by atoms with Crippen LogP contribution in [0.5, 0.6) is 0 Å². The summed E-state index contributed by atoms with van der Waals surface area (Å²) in [6.07, 6.45) is 4.22. The fraction of sp³-hybridized carbons (Fsp3) is 0.286. The van der Waals surface area contributed by atoms with Gasteiger partial charge in [0.2, 0.25) is 0 Å². The molecule has 2 N–H and O–H groups in total. The molecule has 1 nitrogen and oxygen atoms in total. The number of benzene rings is 1. The average Bonchev–Trinajstić information content (AvgIpc) is 2.16. The summed E-state index contributed by atoms with van der Waals surface area (Å²) in [5.41, 5.74) is 8.81. The van der Waals surface area contributed by atoms with Gasteiger partial charge in [-0.2, -0.15) is 0 Å². The highest BCUT2D eigenvalue weighted by Gasteiger charge is 2.15. The van der Waals surface area contributed by atoms with E-state index in [2.05, 4.69) is 44.7 Å². The number of hydrogen-bond acceptors (Lipinski definition) is 1. The van der Waals surface area contributed by atoms with Gasteiger partial charge in [-0.3, -0.25) is 0 Å². The van der Waals surface area contributed by atoms with E-state index in [1.807, 2.05) is 19.1 Å². The molecule has 0 aliphatic rings. The third-order valence-electron chi connectivity index (χ3n) is 2.44. The largest absolute Gasteiger partial charge is 0.399 e. The topological polar surface area (TPSA) is 26.0 Å². The molecule has 1 aromatic carbocycles. The van der Waals surface area contributed by atoms with Crippen LogP contribution in [0.15, 0.2) is 48.6 Å². The third-order valence-corrected chi connectivity index (χ3v) is 2.44. The van der Waals surface area contributed by atoms with Crippen molar-refractivity contribution in [2.45, 2.75) is 26.2 Å². The van der Waals surface area contributed by atoms with Gasteiger partial charge in [-0.25, -0.2) is 0 Å². The quantitative estimate of drug-likeness (QED) is 0.586. The van der Waals surface area contributed by atoms with Gasteiger partial charge in [0.05, 0.1) is 0 Å². The summed E-state index contributed by atoms with van der Waals surface area (Å²) >= 11 is 0. The lowest BCUT2D eigenvalue weighted by atomic mass is 9.84. The Morgan fingerprint density at radius 1 is 1.27 bits per heavy atom. The molecule has 1 heteroatoms. The fourth-order valence-electron chi connectivity index (χ4n) is 1.36. The lowest BCUT2D eigenvalue weighted by Crippen LogP contribution is -2.13. The van der Waals surface area contributed by atoms with E-state index in [-0.39, 0.29) is 5.41 Å². The van der Waals surface area contributed by atoms with Gasteiger partial charge in [0.25, 0.3) is 0 Å². The highest BCUT2D eigenvalue weighted by molar-refractivity contribution is 5.42. The molecular formula is C14H19N. The van der Waals surface area contributed by atoms with Crippen molar-refractivity contribution in [3.8, 4) is 0 Å². The first kappa shape index (κ1) is 11.6. The summed E-state index contributed by atoms with van der Waals surface area (Å²) in [7, 11) is 0. The van der Waals surface area contributed by atoms with Crippen LogP contribution in [0.3, 0.4) is 0 Å². The Balaban J connectivity index is 2.95. The summed E-state index contributed by atoms with van der Waals surface area (Å²) in [6.45, 7) is 10.2. The van der Waals surface area contributed by atoms with Crippen molar-refractivity contribution in [2.75, 3.05) is 5.73 Å². The molecule has 0 bridgehead atoms. The van der Waals surface area contributed by atoms with Crippen LogP contribution in [0, 0.1) is 0 Å². The molecule has 0 amide bonds. The molecule has 0 aromatic heterocycles. The smallest absolute Gasteiger partial charge is 0.0314 e. The van der Waals surface area contributed by atoms with Crippen LogP contribution in [0.4, 0.5) is 5.69 Å². The number of hydrogen-bond donors (Lipinski definition) is 1. The van der Waals surface area contributed by atoms with E-state index in [4.69, 9.17) is 5.73 Å². The Morgan fingerprint density at radius 2 is 1.80 bits per heavy atom. The fourth-order valence-corrected chi connectivity index (χ4v) is 1.36. The highest BCUT2D eigenvalue weighted by atomic mass is 14.5. The molecule has 0 aliphatic heterocycles. The van der Waals surface area contributed by atoms with Gasteiger partial charge in [0.15, 0.2) is 0 Å². The SMILES string of the molecule is C=C(C)/C=C/C(C)(C)c1ccc(N)cc1. The van der Waals surface area contributed by atoms with E-state index in [1.165, 1.54) is 5.56 Å². The molecule has 0 spiro atoms. The van der Waals surface area contributed by atoms with Gasteiger partial charge in [-0.1, -0.05) is 50.3 Å². The Morgan fingerprint density at radius 3 is 2.27 bits per heavy atom. The maximum absolute atomic E-state index is 5.66. The monoisotopic (exact) mass is 201 g/mol. The molecule has 0 saturated heterocycles. The second-order valence-electron chi connectivity index (χ2n) is 4.52. The summed E-state index contributed by atoms with van der Waals surface area (Å²) < 4.78 is 0. The van der Waals surface area contributed by atoms with Crippen LogP contribution in [-0.4, -0.2) is 0 Å². The van der Waals surface area contributed by atoms with Crippen molar-refractivity contribution in [3.05, 3.63) is 54.1 Å². The number of nitrogen functional groups attached to an aromatic ring is 1. The Labute approximate surface area is 92.3 Å². The van der Waals surface area contributed by atoms with Gasteiger partial charge in [0.1, 0.15) is 0 Å². The van der Waals surface area contributed by atoms with Crippen LogP contribution in [0.2, 0.25) is 0 Å². The van der Waals surface area contributed by atoms with Gasteiger partial charge >= 0.3 is 0 Å². The van der Waals surface area contributed by atoms with Crippen LogP contribution >= 0.6 is 0 Å². The van der Waals surface area contributed by atoms with Crippen LogP contribution < -0.4 is 5.73 Å². The molecule has 0 radical (unpaired) electrons. The van der Waals surface area contributed by atoms with Gasteiger partial charge in [-0.05, 0) is 24.6 Å². The van der Waals surface area contributed by atoms with Crippen molar-refractivity contribution in [3.63, 3.8) is 0 Å². The molecule has 1 rings (SSSR count). The third kappa shape index (κ3) is 3.28. The zero-order valence-corrected chi connectivity index (χ0v) is 9.75. The zero-order chi connectivity index (χ0) is 11.5. The van der Waals surface area contributed by atoms with E-state index >= 15 is 0 Å². The minimum absolute atomic E-state index is 0.0205. The minimum atomic E-state index is 0.0205. The summed E-state index contributed by atoms with van der Waals surface area (Å²) in [6, 6.07) is 8.01. The van der Waals surface area contributed by atoms with Gasteiger partial charge in [-0.15, -0.1) is 0 Å². The van der Waals surface area contributed by atoms with Crippen LogP contribution in [-0.2, 0) is 5.41 Å². The average molecular weight is 201 g/mol. The Bertz CT molecular complexity index is 369. The van der Waals surface area contributed by atoms with Crippen LogP contribution in [0.25, 0.3) is 0 Å². The van der Waals surface area contributed by atoms with Crippen molar-refractivity contribution >= 4 is 5.69 Å². The van der Waals surface area contributed by atoms with Crippen molar-refractivity contribution < 1.29 is 0 Å². The summed E-state index contributed by atoms with van der Waals surface area (Å²) in [5, 5.41) is 0. The lowest BCUT2D eigenvalue weighted by Gasteiger charge is -2.21. The maximum Gasteiger partial charge on any atom is 0.0314 e. The molecule has 0 fully saturated rings. The summed E-state index contributed by atoms with van der Waals surface area (Å²) in [5.74, 6) is 0. The van der Waals surface area contributed by atoms with Crippen molar-refractivity contribution in [1.29, 1.82) is 0 Å². The van der Waals surface area contributed by atoms with Crippen LogP contribution in [0.1, 0.15) is 26.3 Å². The number of allylic oxidation sites excluding steroid dienone is 3. The normalized spacial score (nSPS) is 11.9.